The summed E-state index contributed by atoms with van der Waals surface area (Å²) in [4.78, 5) is 15.1. The smallest absolute Gasteiger partial charge is 0.268 e. The second kappa shape index (κ2) is 9.46. The number of nitrogens with two attached hydrogens (primary N) is 1. The molecule has 0 spiro atoms. The Kier molecular flexibility index (Phi) is 7.31. The van der Waals surface area contributed by atoms with Gasteiger partial charge in [-0.3, -0.25) is 8.98 Å². The van der Waals surface area contributed by atoms with Gasteiger partial charge in [-0.1, -0.05) is 30.3 Å². The zero-order valence-corrected chi connectivity index (χ0v) is 15.4. The quantitative estimate of drug-likeness (QED) is 0.464. The molecule has 2 N–H and O–H groups in total. The Morgan fingerprint density at radius 1 is 1.31 bits per heavy atom. The highest BCUT2D eigenvalue weighted by Crippen LogP contribution is 2.11. The van der Waals surface area contributed by atoms with Gasteiger partial charge in [0, 0.05) is 12.7 Å². The summed E-state index contributed by atoms with van der Waals surface area (Å²) < 4.78 is 34.5. The van der Waals surface area contributed by atoms with Crippen LogP contribution in [-0.4, -0.2) is 42.8 Å². The predicted octanol–water partition coefficient (Wildman–Crippen LogP) is 1.32. The number of hydrogen-bond acceptors (Lipinski definition) is 6. The van der Waals surface area contributed by atoms with Gasteiger partial charge in [-0.05, 0) is 18.4 Å². The van der Waals surface area contributed by atoms with E-state index in [2.05, 4.69) is 4.98 Å². The number of benzene rings is 1. The van der Waals surface area contributed by atoms with Crippen molar-refractivity contribution in [3.8, 4) is 0 Å². The molecule has 2 aromatic rings. The van der Waals surface area contributed by atoms with E-state index in [1.807, 2.05) is 30.3 Å². The number of imidazole rings is 1. The van der Waals surface area contributed by atoms with Crippen LogP contribution in [0.3, 0.4) is 0 Å². The van der Waals surface area contributed by atoms with E-state index >= 15 is 0 Å². The lowest BCUT2D eigenvalue weighted by molar-refractivity contribution is 0.0204. The number of ether oxygens (including phenoxy) is 1. The van der Waals surface area contributed by atoms with Gasteiger partial charge in [-0.2, -0.15) is 8.42 Å². The predicted molar refractivity (Wildman–Crippen MR) is 95.8 cm³/mol. The fourth-order valence-electron chi connectivity index (χ4n) is 2.36. The van der Waals surface area contributed by atoms with Gasteiger partial charge in [0.2, 0.25) is 0 Å². The van der Waals surface area contributed by atoms with Gasteiger partial charge in [0.05, 0.1) is 31.9 Å². The van der Waals surface area contributed by atoms with E-state index in [1.54, 1.807) is 10.8 Å². The van der Waals surface area contributed by atoms with Crippen molar-refractivity contribution in [3.63, 3.8) is 0 Å². The summed E-state index contributed by atoms with van der Waals surface area (Å²) in [6.07, 6.45) is 5.01. The molecule has 0 aliphatic heterocycles. The van der Waals surface area contributed by atoms with Gasteiger partial charge >= 0.3 is 0 Å². The highest BCUT2D eigenvalue weighted by atomic mass is 32.2. The Balaban J connectivity index is 1.93. The van der Waals surface area contributed by atoms with E-state index in [4.69, 9.17) is 14.7 Å². The SMILES string of the molecule is CS(=O)(=O)OCCC[C@@H](Cn1cnc(C(N)=O)c1)OCc1ccccc1. The molecular weight excluding hydrogens is 358 g/mol. The largest absolute Gasteiger partial charge is 0.372 e. The minimum atomic E-state index is -3.45. The lowest BCUT2D eigenvalue weighted by Crippen LogP contribution is -2.21. The first-order chi connectivity index (χ1) is 12.3. The number of rotatable bonds is 11. The molecule has 0 aliphatic carbocycles. The van der Waals surface area contributed by atoms with Crippen LogP contribution in [-0.2, 0) is 32.2 Å². The van der Waals surface area contributed by atoms with Crippen LogP contribution in [0, 0.1) is 0 Å². The summed E-state index contributed by atoms with van der Waals surface area (Å²) in [6, 6.07) is 9.73. The maximum atomic E-state index is 11.2. The molecule has 1 aromatic heterocycles. The number of hydrogen-bond donors (Lipinski definition) is 1. The molecule has 8 nitrogen and oxygen atoms in total. The van der Waals surface area contributed by atoms with Crippen LogP contribution >= 0.6 is 0 Å². The fourth-order valence-corrected chi connectivity index (χ4v) is 2.78. The second-order valence-electron chi connectivity index (χ2n) is 5.91. The van der Waals surface area contributed by atoms with Crippen molar-refractivity contribution in [1.29, 1.82) is 0 Å². The molecule has 0 saturated carbocycles. The Hall–Kier alpha value is -2.23. The minimum absolute atomic E-state index is 0.0977. The lowest BCUT2D eigenvalue weighted by Gasteiger charge is -2.18. The zero-order valence-electron chi connectivity index (χ0n) is 14.6. The monoisotopic (exact) mass is 381 g/mol. The van der Waals surface area contributed by atoms with E-state index in [1.165, 1.54) is 6.33 Å². The molecule has 1 atom stereocenters. The summed E-state index contributed by atoms with van der Waals surface area (Å²) in [5, 5.41) is 0. The third-order valence-electron chi connectivity index (χ3n) is 3.60. The van der Waals surface area contributed by atoms with Gasteiger partial charge in [-0.15, -0.1) is 0 Å². The van der Waals surface area contributed by atoms with Crippen LogP contribution in [0.2, 0.25) is 0 Å². The van der Waals surface area contributed by atoms with E-state index < -0.39 is 16.0 Å². The molecule has 0 saturated heterocycles. The van der Waals surface area contributed by atoms with Crippen molar-refractivity contribution in [2.45, 2.75) is 32.1 Å². The average molecular weight is 381 g/mol. The van der Waals surface area contributed by atoms with Crippen molar-refractivity contribution in [2.24, 2.45) is 5.73 Å². The molecule has 1 heterocycles. The molecular formula is C17H23N3O5S. The van der Waals surface area contributed by atoms with Crippen molar-refractivity contribution in [3.05, 3.63) is 54.1 Å². The third-order valence-corrected chi connectivity index (χ3v) is 4.19. The summed E-state index contributed by atoms with van der Waals surface area (Å²) in [5.74, 6) is -0.591. The Morgan fingerprint density at radius 3 is 2.65 bits per heavy atom. The number of amides is 1. The molecule has 9 heteroatoms. The Labute approximate surface area is 153 Å². The van der Waals surface area contributed by atoms with Crippen molar-refractivity contribution < 1.29 is 22.1 Å². The molecule has 0 bridgehead atoms. The van der Waals surface area contributed by atoms with Crippen LogP contribution < -0.4 is 5.73 Å². The highest BCUT2D eigenvalue weighted by Gasteiger charge is 2.13. The van der Waals surface area contributed by atoms with Gasteiger partial charge in [0.25, 0.3) is 16.0 Å². The fraction of sp³-hybridized carbons (Fsp3) is 0.412. The van der Waals surface area contributed by atoms with Crippen LogP contribution in [0.5, 0.6) is 0 Å². The Morgan fingerprint density at radius 2 is 2.04 bits per heavy atom. The normalized spacial score (nSPS) is 12.8. The minimum Gasteiger partial charge on any atom is -0.372 e. The number of aromatic nitrogens is 2. The first kappa shape index (κ1) is 20.1. The molecule has 0 fully saturated rings. The number of primary amides is 1. The number of carbonyl (C=O) groups excluding carboxylic acids is 1. The summed E-state index contributed by atoms with van der Waals surface area (Å²) in [7, 11) is -3.45. The molecule has 0 radical (unpaired) electrons. The summed E-state index contributed by atoms with van der Waals surface area (Å²) >= 11 is 0. The molecule has 142 valence electrons. The first-order valence-electron chi connectivity index (χ1n) is 8.15. The number of carbonyl (C=O) groups is 1. The van der Waals surface area contributed by atoms with Crippen LogP contribution in [0.4, 0.5) is 0 Å². The maximum absolute atomic E-state index is 11.2. The summed E-state index contributed by atoms with van der Waals surface area (Å²) in [5.41, 5.74) is 6.43. The van der Waals surface area contributed by atoms with Crippen LogP contribution in [0.25, 0.3) is 0 Å². The van der Waals surface area contributed by atoms with E-state index in [-0.39, 0.29) is 18.4 Å². The van der Waals surface area contributed by atoms with E-state index in [0.717, 1.165) is 11.8 Å². The first-order valence-corrected chi connectivity index (χ1v) is 9.96. The molecule has 0 unspecified atom stereocenters. The lowest BCUT2D eigenvalue weighted by atomic mass is 10.2. The highest BCUT2D eigenvalue weighted by molar-refractivity contribution is 7.85. The molecule has 1 amide bonds. The Bertz CT molecular complexity index is 805. The van der Waals surface area contributed by atoms with Crippen molar-refractivity contribution >= 4 is 16.0 Å². The summed E-state index contributed by atoms with van der Waals surface area (Å²) in [6.45, 7) is 0.988. The molecule has 2 rings (SSSR count). The van der Waals surface area contributed by atoms with Crippen LogP contribution in [0.15, 0.2) is 42.9 Å². The third kappa shape index (κ3) is 7.34. The van der Waals surface area contributed by atoms with Gasteiger partial charge in [-0.25, -0.2) is 4.98 Å². The van der Waals surface area contributed by atoms with Crippen LogP contribution in [0.1, 0.15) is 28.9 Å². The molecule has 1 aromatic carbocycles. The van der Waals surface area contributed by atoms with Gasteiger partial charge < -0.3 is 15.0 Å². The van der Waals surface area contributed by atoms with Crippen molar-refractivity contribution in [2.75, 3.05) is 12.9 Å². The maximum Gasteiger partial charge on any atom is 0.268 e. The number of nitrogens with zero attached hydrogens (tertiary/aromatic N) is 2. The average Bonchev–Trinajstić information content (AvgIpc) is 3.05. The van der Waals surface area contributed by atoms with Gasteiger partial charge in [0.1, 0.15) is 5.69 Å². The van der Waals surface area contributed by atoms with E-state index in [0.29, 0.717) is 26.0 Å². The standard InChI is InChI=1S/C17H23N3O5S/c1-26(22,23)25-9-5-8-15(24-12-14-6-3-2-4-7-14)10-20-11-16(17(18)21)19-13-20/h2-4,6-7,11,13,15H,5,8-10,12H2,1H3,(H2,18,21)/t15-/m0/s1. The topological polar surface area (TPSA) is 114 Å². The molecule has 26 heavy (non-hydrogen) atoms. The molecule has 0 aliphatic rings. The second-order valence-corrected chi connectivity index (χ2v) is 7.55. The zero-order chi connectivity index (χ0) is 19.0. The van der Waals surface area contributed by atoms with E-state index in [9.17, 15) is 13.2 Å². The van der Waals surface area contributed by atoms with Gasteiger partial charge in [0.15, 0.2) is 0 Å². The van der Waals surface area contributed by atoms with Crippen molar-refractivity contribution in [1.82, 2.24) is 9.55 Å².